The smallest absolute Gasteiger partial charge is 0.341 e. The van der Waals surface area contributed by atoms with E-state index >= 15 is 0 Å². The molecule has 25 heavy (non-hydrogen) atoms. The number of nitrogens with one attached hydrogen (secondary N) is 1. The molecule has 1 saturated carbocycles. The standard InChI is InChI=1S/C19H27NO4S/c1-4-23-18(22)15-13-10-19(2,3)24-11-14(13)25-17(15)20-16(21)12-8-6-5-7-9-12/h12H,4-11H2,1-3H3,(H,20,21). The summed E-state index contributed by atoms with van der Waals surface area (Å²) in [6.45, 7) is 6.62. The fourth-order valence-electron chi connectivity index (χ4n) is 3.64. The number of carbonyl (C=O) groups is 2. The number of rotatable bonds is 4. The molecule has 3 rings (SSSR count). The first kappa shape index (κ1) is 18.4. The van der Waals surface area contributed by atoms with E-state index < -0.39 is 0 Å². The van der Waals surface area contributed by atoms with Gasteiger partial charge in [0.2, 0.25) is 5.91 Å². The summed E-state index contributed by atoms with van der Waals surface area (Å²) in [6, 6.07) is 0. The molecular weight excluding hydrogens is 338 g/mol. The van der Waals surface area contributed by atoms with Gasteiger partial charge in [-0.3, -0.25) is 4.79 Å². The Bertz CT molecular complexity index is 659. The molecular formula is C19H27NO4S. The molecule has 5 nitrogen and oxygen atoms in total. The van der Waals surface area contributed by atoms with E-state index in [1.807, 2.05) is 13.8 Å². The third-order valence-electron chi connectivity index (χ3n) is 4.98. The van der Waals surface area contributed by atoms with Crippen molar-refractivity contribution in [2.45, 2.75) is 71.5 Å². The van der Waals surface area contributed by atoms with Crippen LogP contribution < -0.4 is 5.32 Å². The first-order valence-electron chi connectivity index (χ1n) is 9.18. The highest BCUT2D eigenvalue weighted by molar-refractivity contribution is 7.17. The topological polar surface area (TPSA) is 64.6 Å². The molecule has 1 aromatic rings. The van der Waals surface area contributed by atoms with Gasteiger partial charge < -0.3 is 14.8 Å². The highest BCUT2D eigenvalue weighted by atomic mass is 32.1. The van der Waals surface area contributed by atoms with E-state index in [0.717, 1.165) is 36.1 Å². The van der Waals surface area contributed by atoms with Crippen LogP contribution in [0.5, 0.6) is 0 Å². The third kappa shape index (κ3) is 4.06. The Morgan fingerprint density at radius 1 is 1.28 bits per heavy atom. The van der Waals surface area contributed by atoms with Gasteiger partial charge in [0.05, 0.1) is 24.4 Å². The van der Waals surface area contributed by atoms with Gasteiger partial charge in [-0.2, -0.15) is 0 Å². The summed E-state index contributed by atoms with van der Waals surface area (Å²) in [5, 5.41) is 3.65. The Morgan fingerprint density at radius 2 is 2.00 bits per heavy atom. The molecule has 0 bridgehead atoms. The van der Waals surface area contributed by atoms with E-state index in [9.17, 15) is 9.59 Å². The summed E-state index contributed by atoms with van der Waals surface area (Å²) >= 11 is 1.45. The largest absolute Gasteiger partial charge is 0.462 e. The van der Waals surface area contributed by atoms with Gasteiger partial charge in [-0.1, -0.05) is 19.3 Å². The normalized spacial score (nSPS) is 20.0. The van der Waals surface area contributed by atoms with E-state index in [-0.39, 0.29) is 23.4 Å². The average Bonchev–Trinajstić information content (AvgIpc) is 2.91. The Labute approximate surface area is 153 Å². The second-order valence-corrected chi connectivity index (χ2v) is 8.58. The van der Waals surface area contributed by atoms with Crippen molar-refractivity contribution in [1.82, 2.24) is 0 Å². The molecule has 1 aliphatic heterocycles. The summed E-state index contributed by atoms with van der Waals surface area (Å²) in [6.07, 6.45) is 5.92. The van der Waals surface area contributed by atoms with Crippen LogP contribution in [-0.4, -0.2) is 24.1 Å². The number of hydrogen-bond donors (Lipinski definition) is 1. The quantitative estimate of drug-likeness (QED) is 0.808. The van der Waals surface area contributed by atoms with E-state index in [2.05, 4.69) is 5.32 Å². The first-order valence-corrected chi connectivity index (χ1v) is 9.99. The van der Waals surface area contributed by atoms with Gasteiger partial charge in [0, 0.05) is 17.2 Å². The summed E-state index contributed by atoms with van der Waals surface area (Å²) in [5.41, 5.74) is 1.18. The number of ether oxygens (including phenoxy) is 2. The van der Waals surface area contributed by atoms with Crippen LogP contribution in [0.2, 0.25) is 0 Å². The molecule has 1 N–H and O–H groups in total. The van der Waals surface area contributed by atoms with Crippen molar-refractivity contribution in [3.05, 3.63) is 16.0 Å². The van der Waals surface area contributed by atoms with E-state index in [1.165, 1.54) is 17.8 Å². The summed E-state index contributed by atoms with van der Waals surface area (Å²) in [4.78, 5) is 26.2. The second kappa shape index (κ2) is 7.46. The number of esters is 1. The lowest BCUT2D eigenvalue weighted by molar-refractivity contribution is -0.120. The number of anilines is 1. The monoisotopic (exact) mass is 365 g/mol. The summed E-state index contributed by atoms with van der Waals surface area (Å²) in [5.74, 6) is -0.267. The molecule has 6 heteroatoms. The predicted molar refractivity (Wildman–Crippen MR) is 98.1 cm³/mol. The SMILES string of the molecule is CCOC(=O)c1c(NC(=O)C2CCCCC2)sc2c1CC(C)(C)OC2. The molecule has 0 saturated heterocycles. The molecule has 2 heterocycles. The minimum absolute atomic E-state index is 0.0315. The summed E-state index contributed by atoms with van der Waals surface area (Å²) < 4.78 is 11.1. The minimum atomic E-state index is -0.350. The molecule has 138 valence electrons. The highest BCUT2D eigenvalue weighted by Crippen LogP contribution is 2.41. The van der Waals surface area contributed by atoms with Crippen molar-refractivity contribution in [1.29, 1.82) is 0 Å². The second-order valence-electron chi connectivity index (χ2n) is 7.48. The van der Waals surface area contributed by atoms with Gasteiger partial charge in [0.15, 0.2) is 0 Å². The van der Waals surface area contributed by atoms with Crippen molar-refractivity contribution in [2.24, 2.45) is 5.92 Å². The molecule has 0 aromatic carbocycles. The molecule has 0 atom stereocenters. The van der Waals surface area contributed by atoms with Gasteiger partial charge in [-0.05, 0) is 39.2 Å². The maximum absolute atomic E-state index is 12.7. The van der Waals surface area contributed by atoms with Crippen LogP contribution >= 0.6 is 11.3 Å². The minimum Gasteiger partial charge on any atom is -0.462 e. The Hall–Kier alpha value is -1.40. The molecule has 1 aliphatic carbocycles. The lowest BCUT2D eigenvalue weighted by Gasteiger charge is -2.30. The van der Waals surface area contributed by atoms with Crippen molar-refractivity contribution in [3.8, 4) is 0 Å². The van der Waals surface area contributed by atoms with Crippen LogP contribution in [0.15, 0.2) is 0 Å². The van der Waals surface area contributed by atoms with Crippen molar-refractivity contribution in [2.75, 3.05) is 11.9 Å². The van der Waals surface area contributed by atoms with Crippen LogP contribution in [0.1, 0.15) is 73.7 Å². The van der Waals surface area contributed by atoms with Crippen LogP contribution in [0.4, 0.5) is 5.00 Å². The fourth-order valence-corrected chi connectivity index (χ4v) is 4.76. The number of carbonyl (C=O) groups excluding carboxylic acids is 2. The zero-order valence-electron chi connectivity index (χ0n) is 15.3. The van der Waals surface area contributed by atoms with Crippen molar-refractivity contribution in [3.63, 3.8) is 0 Å². The first-order chi connectivity index (χ1) is 11.9. The zero-order valence-corrected chi connectivity index (χ0v) is 16.1. The molecule has 1 amide bonds. The third-order valence-corrected chi connectivity index (χ3v) is 6.10. The van der Waals surface area contributed by atoms with Crippen LogP contribution in [0.25, 0.3) is 0 Å². The van der Waals surface area contributed by atoms with Gasteiger partial charge >= 0.3 is 5.97 Å². The van der Waals surface area contributed by atoms with Gasteiger partial charge in [0.25, 0.3) is 0 Å². The Balaban J connectivity index is 1.88. The van der Waals surface area contributed by atoms with Crippen LogP contribution in [0.3, 0.4) is 0 Å². The lowest BCUT2D eigenvalue weighted by Crippen LogP contribution is -2.32. The summed E-state index contributed by atoms with van der Waals surface area (Å²) in [7, 11) is 0. The molecule has 0 radical (unpaired) electrons. The van der Waals surface area contributed by atoms with Gasteiger partial charge in [0.1, 0.15) is 5.00 Å². The molecule has 1 fully saturated rings. The maximum atomic E-state index is 12.7. The van der Waals surface area contributed by atoms with Gasteiger partial charge in [-0.15, -0.1) is 11.3 Å². The highest BCUT2D eigenvalue weighted by Gasteiger charge is 2.35. The van der Waals surface area contributed by atoms with E-state index in [4.69, 9.17) is 9.47 Å². The van der Waals surface area contributed by atoms with Gasteiger partial charge in [-0.25, -0.2) is 4.79 Å². The maximum Gasteiger partial charge on any atom is 0.341 e. The van der Waals surface area contributed by atoms with Crippen LogP contribution in [0, 0.1) is 5.92 Å². The van der Waals surface area contributed by atoms with Crippen molar-refractivity contribution < 1.29 is 19.1 Å². The zero-order chi connectivity index (χ0) is 18.0. The van der Waals surface area contributed by atoms with E-state index in [0.29, 0.717) is 30.2 Å². The number of hydrogen-bond acceptors (Lipinski definition) is 5. The lowest BCUT2D eigenvalue weighted by atomic mass is 9.88. The van der Waals surface area contributed by atoms with Crippen molar-refractivity contribution >= 4 is 28.2 Å². The number of fused-ring (bicyclic) bond motifs is 1. The Morgan fingerprint density at radius 3 is 2.68 bits per heavy atom. The van der Waals surface area contributed by atoms with E-state index in [1.54, 1.807) is 6.92 Å². The number of thiophene rings is 1. The number of amides is 1. The van der Waals surface area contributed by atoms with Crippen LogP contribution in [-0.2, 0) is 27.3 Å². The molecule has 0 spiro atoms. The molecule has 0 unspecified atom stereocenters. The predicted octanol–water partition coefficient (Wildman–Crippen LogP) is 4.29. The molecule has 1 aromatic heterocycles. The average molecular weight is 365 g/mol. The molecule has 2 aliphatic rings. The Kier molecular flexibility index (Phi) is 5.49. The fraction of sp³-hybridized carbons (Fsp3) is 0.684.